The Morgan fingerprint density at radius 2 is 2.10 bits per heavy atom. The number of ether oxygens (including phenoxy) is 2. The van der Waals surface area contributed by atoms with Crippen LogP contribution in [0.5, 0.6) is 11.5 Å². The minimum atomic E-state index is -0.129. The van der Waals surface area contributed by atoms with Gasteiger partial charge in [-0.3, -0.25) is 4.79 Å². The quantitative estimate of drug-likeness (QED) is 0.596. The van der Waals surface area contributed by atoms with E-state index in [2.05, 4.69) is 17.3 Å². The molecular formula is C23H24ClN3O3. The minimum absolute atomic E-state index is 0.0563. The number of hydrogen-bond donors (Lipinski definition) is 1. The summed E-state index contributed by atoms with van der Waals surface area (Å²) in [5.41, 5.74) is 3.68. The molecule has 4 rings (SSSR count). The lowest BCUT2D eigenvalue weighted by molar-refractivity contribution is -0.116. The van der Waals surface area contributed by atoms with E-state index in [9.17, 15) is 4.79 Å². The van der Waals surface area contributed by atoms with E-state index in [1.165, 1.54) is 0 Å². The van der Waals surface area contributed by atoms with Gasteiger partial charge in [-0.15, -0.1) is 0 Å². The maximum Gasteiger partial charge on any atom is 0.226 e. The standard InChI is InChI=1S/C23H24ClN3O3/c1-4-10-30-20-9-8-15(11-21(20)29-3)16-12-22(28)26-23-17(16)13-25-27(23)19-7-5-6-18(24)14(19)2/h5-9,11,13,16H,4,10,12H2,1-3H3,(H,26,28)/t16-/m1/s1. The number of halogens is 1. The number of carbonyl (C=O) groups is 1. The molecule has 2 heterocycles. The summed E-state index contributed by atoms with van der Waals surface area (Å²) in [6.45, 7) is 4.62. The van der Waals surface area contributed by atoms with E-state index in [0.717, 1.165) is 28.8 Å². The molecule has 0 radical (unpaired) electrons. The minimum Gasteiger partial charge on any atom is -0.493 e. The summed E-state index contributed by atoms with van der Waals surface area (Å²) in [6.07, 6.45) is 3.07. The number of carbonyl (C=O) groups excluding carboxylic acids is 1. The summed E-state index contributed by atoms with van der Waals surface area (Å²) < 4.78 is 13.0. The van der Waals surface area contributed by atoms with Crippen LogP contribution in [0.15, 0.2) is 42.6 Å². The zero-order valence-corrected chi connectivity index (χ0v) is 18.0. The molecule has 156 valence electrons. The molecule has 3 aromatic rings. The van der Waals surface area contributed by atoms with Crippen LogP contribution >= 0.6 is 11.6 Å². The number of nitrogens with one attached hydrogen (secondary N) is 1. The van der Waals surface area contributed by atoms with Crippen LogP contribution < -0.4 is 14.8 Å². The maximum absolute atomic E-state index is 12.6. The first-order valence-corrected chi connectivity index (χ1v) is 10.3. The zero-order valence-electron chi connectivity index (χ0n) is 17.2. The summed E-state index contributed by atoms with van der Waals surface area (Å²) in [5.74, 6) is 1.85. The number of nitrogens with zero attached hydrogens (tertiary/aromatic N) is 2. The molecule has 1 N–H and O–H groups in total. The van der Waals surface area contributed by atoms with Crippen molar-refractivity contribution in [3.63, 3.8) is 0 Å². The van der Waals surface area contributed by atoms with Crippen molar-refractivity contribution < 1.29 is 14.3 Å². The Morgan fingerprint density at radius 3 is 2.87 bits per heavy atom. The first kappa shape index (κ1) is 20.3. The fourth-order valence-electron chi connectivity index (χ4n) is 3.76. The first-order valence-electron chi connectivity index (χ1n) is 9.97. The van der Waals surface area contributed by atoms with Crippen LogP contribution in [0.2, 0.25) is 5.02 Å². The Kier molecular flexibility index (Phi) is 5.68. The van der Waals surface area contributed by atoms with Crippen molar-refractivity contribution in [1.82, 2.24) is 9.78 Å². The van der Waals surface area contributed by atoms with Gasteiger partial charge in [-0.1, -0.05) is 30.7 Å². The van der Waals surface area contributed by atoms with Gasteiger partial charge in [0.2, 0.25) is 5.91 Å². The molecule has 1 atom stereocenters. The van der Waals surface area contributed by atoms with Crippen LogP contribution in [-0.2, 0) is 4.79 Å². The molecule has 0 fully saturated rings. The lowest BCUT2D eigenvalue weighted by atomic mass is 9.87. The summed E-state index contributed by atoms with van der Waals surface area (Å²) >= 11 is 6.30. The second kappa shape index (κ2) is 8.40. The predicted molar refractivity (Wildman–Crippen MR) is 117 cm³/mol. The molecule has 0 saturated carbocycles. The Bertz CT molecular complexity index is 1090. The monoisotopic (exact) mass is 425 g/mol. The average molecular weight is 426 g/mol. The smallest absolute Gasteiger partial charge is 0.226 e. The van der Waals surface area contributed by atoms with Gasteiger partial charge in [0.05, 0.1) is 25.6 Å². The zero-order chi connectivity index (χ0) is 21.3. The second-order valence-electron chi connectivity index (χ2n) is 7.31. The topological polar surface area (TPSA) is 65.4 Å². The molecule has 1 aliphatic rings. The van der Waals surface area contributed by atoms with Crippen molar-refractivity contribution in [1.29, 1.82) is 0 Å². The van der Waals surface area contributed by atoms with Gasteiger partial charge in [0.1, 0.15) is 5.82 Å². The fraction of sp³-hybridized carbons (Fsp3) is 0.304. The third-order valence-corrected chi connectivity index (χ3v) is 5.75. The third-order valence-electron chi connectivity index (χ3n) is 5.34. The Hall–Kier alpha value is -2.99. The van der Waals surface area contributed by atoms with Crippen LogP contribution in [0.1, 0.15) is 42.4 Å². The first-order chi connectivity index (χ1) is 14.5. The van der Waals surface area contributed by atoms with Gasteiger partial charge in [0, 0.05) is 22.9 Å². The van der Waals surface area contributed by atoms with E-state index in [1.54, 1.807) is 11.8 Å². The second-order valence-corrected chi connectivity index (χ2v) is 7.72. The maximum atomic E-state index is 12.6. The SMILES string of the molecule is CCCOc1ccc([C@H]2CC(=O)Nc3c2cnn3-c2cccc(Cl)c2C)cc1OC. The van der Waals surface area contributed by atoms with Crippen molar-refractivity contribution in [3.8, 4) is 17.2 Å². The molecule has 0 spiro atoms. The molecule has 0 aliphatic carbocycles. The number of anilines is 1. The van der Waals surface area contributed by atoms with Gasteiger partial charge in [-0.2, -0.15) is 5.10 Å². The number of aromatic nitrogens is 2. The van der Waals surface area contributed by atoms with E-state index in [-0.39, 0.29) is 11.8 Å². The van der Waals surface area contributed by atoms with Crippen LogP contribution in [0.25, 0.3) is 5.69 Å². The summed E-state index contributed by atoms with van der Waals surface area (Å²) in [7, 11) is 1.62. The summed E-state index contributed by atoms with van der Waals surface area (Å²) in [5, 5.41) is 8.21. The third kappa shape index (κ3) is 3.63. The van der Waals surface area contributed by atoms with Crippen LogP contribution in [0.3, 0.4) is 0 Å². The molecule has 30 heavy (non-hydrogen) atoms. The molecule has 0 unspecified atom stereocenters. The lowest BCUT2D eigenvalue weighted by Gasteiger charge is -2.25. The summed E-state index contributed by atoms with van der Waals surface area (Å²) in [4.78, 5) is 12.6. The lowest BCUT2D eigenvalue weighted by Crippen LogP contribution is -2.24. The molecular weight excluding hydrogens is 402 g/mol. The average Bonchev–Trinajstić information content (AvgIpc) is 3.17. The van der Waals surface area contributed by atoms with Gasteiger partial charge in [0.25, 0.3) is 0 Å². The molecule has 6 nitrogen and oxygen atoms in total. The van der Waals surface area contributed by atoms with Crippen molar-refractivity contribution in [2.24, 2.45) is 0 Å². The van der Waals surface area contributed by atoms with Gasteiger partial charge >= 0.3 is 0 Å². The Balaban J connectivity index is 1.76. The van der Waals surface area contributed by atoms with E-state index < -0.39 is 0 Å². The van der Waals surface area contributed by atoms with Gasteiger partial charge < -0.3 is 14.8 Å². The van der Waals surface area contributed by atoms with Crippen LogP contribution in [-0.4, -0.2) is 29.4 Å². The highest BCUT2D eigenvalue weighted by atomic mass is 35.5. The number of fused-ring (bicyclic) bond motifs is 1. The Labute approximate surface area is 180 Å². The van der Waals surface area contributed by atoms with E-state index in [1.807, 2.05) is 49.5 Å². The van der Waals surface area contributed by atoms with Gasteiger partial charge in [-0.05, 0) is 48.7 Å². The number of rotatable bonds is 6. The number of benzene rings is 2. The number of hydrogen-bond acceptors (Lipinski definition) is 4. The molecule has 1 aliphatic heterocycles. The molecule has 1 aromatic heterocycles. The normalized spacial score (nSPS) is 15.5. The van der Waals surface area contributed by atoms with Gasteiger partial charge in [-0.25, -0.2) is 4.68 Å². The molecule has 0 bridgehead atoms. The van der Waals surface area contributed by atoms with Crippen LogP contribution in [0, 0.1) is 6.92 Å². The highest BCUT2D eigenvalue weighted by Crippen LogP contribution is 2.41. The van der Waals surface area contributed by atoms with Gasteiger partial charge in [0.15, 0.2) is 11.5 Å². The van der Waals surface area contributed by atoms with Crippen molar-refractivity contribution in [3.05, 3.63) is 64.3 Å². The molecule has 0 saturated heterocycles. The van der Waals surface area contributed by atoms with E-state index >= 15 is 0 Å². The van der Waals surface area contributed by atoms with E-state index in [0.29, 0.717) is 35.4 Å². The number of amides is 1. The van der Waals surface area contributed by atoms with E-state index in [4.69, 9.17) is 21.1 Å². The van der Waals surface area contributed by atoms with Crippen molar-refractivity contribution in [2.45, 2.75) is 32.6 Å². The summed E-state index contributed by atoms with van der Waals surface area (Å²) in [6, 6.07) is 11.5. The van der Waals surface area contributed by atoms with Crippen LogP contribution in [0.4, 0.5) is 5.82 Å². The molecule has 2 aromatic carbocycles. The Morgan fingerprint density at radius 1 is 1.27 bits per heavy atom. The highest BCUT2D eigenvalue weighted by Gasteiger charge is 2.31. The van der Waals surface area contributed by atoms with Crippen molar-refractivity contribution in [2.75, 3.05) is 19.0 Å². The highest BCUT2D eigenvalue weighted by molar-refractivity contribution is 6.31. The number of methoxy groups -OCH3 is 1. The molecule has 7 heteroatoms. The van der Waals surface area contributed by atoms with Crippen molar-refractivity contribution >= 4 is 23.3 Å². The molecule has 1 amide bonds. The fourth-order valence-corrected chi connectivity index (χ4v) is 3.93. The predicted octanol–water partition coefficient (Wildman–Crippen LogP) is 5.11. The largest absolute Gasteiger partial charge is 0.493 e.